The van der Waals surface area contributed by atoms with Gasteiger partial charge in [-0.3, -0.25) is 0 Å². The lowest BCUT2D eigenvalue weighted by Crippen LogP contribution is -2.23. The highest BCUT2D eigenvalue weighted by atomic mass is 16.3. The van der Waals surface area contributed by atoms with Crippen LogP contribution in [0, 0.1) is 5.92 Å². The third-order valence-electron chi connectivity index (χ3n) is 3.17. The number of aromatic nitrogens is 1. The summed E-state index contributed by atoms with van der Waals surface area (Å²) in [5.74, 6) is 1.53. The maximum Gasteiger partial charge on any atom is 0.126 e. The largest absolute Gasteiger partial charge is 0.397 e. The molecule has 0 atom stereocenters. The molecular formula is C12H19N3O. The van der Waals surface area contributed by atoms with Crippen molar-refractivity contribution in [2.24, 2.45) is 5.92 Å². The molecule has 0 aliphatic heterocycles. The van der Waals surface area contributed by atoms with Gasteiger partial charge < -0.3 is 16.2 Å². The second-order valence-corrected chi connectivity index (χ2v) is 4.53. The van der Waals surface area contributed by atoms with Crippen molar-refractivity contribution >= 4 is 11.5 Å². The maximum atomic E-state index is 9.40. The van der Waals surface area contributed by atoms with Gasteiger partial charge in [0.05, 0.1) is 18.0 Å². The van der Waals surface area contributed by atoms with Crippen molar-refractivity contribution < 1.29 is 5.11 Å². The Balaban J connectivity index is 1.77. The Labute approximate surface area is 95.9 Å². The summed E-state index contributed by atoms with van der Waals surface area (Å²) in [5.41, 5.74) is 6.25. The Morgan fingerprint density at radius 3 is 2.69 bits per heavy atom. The molecule has 1 heterocycles. The average molecular weight is 221 g/mol. The molecule has 0 spiro atoms. The van der Waals surface area contributed by atoms with Crippen molar-refractivity contribution in [3.63, 3.8) is 0 Å². The van der Waals surface area contributed by atoms with Gasteiger partial charge in [-0.2, -0.15) is 0 Å². The van der Waals surface area contributed by atoms with E-state index in [9.17, 15) is 5.11 Å². The SMILES string of the molecule is Nc1ccc(NCC2CCC(O)CC2)nc1. The molecule has 1 aromatic rings. The summed E-state index contributed by atoms with van der Waals surface area (Å²) in [4.78, 5) is 4.19. The predicted molar refractivity (Wildman–Crippen MR) is 65.1 cm³/mol. The Morgan fingerprint density at radius 1 is 1.31 bits per heavy atom. The molecule has 2 rings (SSSR count). The number of rotatable bonds is 3. The number of nitrogens with two attached hydrogens (primary N) is 1. The van der Waals surface area contributed by atoms with E-state index in [0.717, 1.165) is 38.0 Å². The van der Waals surface area contributed by atoms with E-state index in [2.05, 4.69) is 10.3 Å². The van der Waals surface area contributed by atoms with Gasteiger partial charge in [0.15, 0.2) is 0 Å². The minimum atomic E-state index is -0.0779. The number of nitrogen functional groups attached to an aromatic ring is 1. The zero-order chi connectivity index (χ0) is 11.4. The van der Waals surface area contributed by atoms with Crippen molar-refractivity contribution in [1.82, 2.24) is 4.98 Å². The van der Waals surface area contributed by atoms with Crippen LogP contribution in [0.4, 0.5) is 11.5 Å². The number of hydrogen-bond donors (Lipinski definition) is 3. The van der Waals surface area contributed by atoms with Gasteiger partial charge in [-0.1, -0.05) is 0 Å². The van der Waals surface area contributed by atoms with Crippen LogP contribution in [-0.2, 0) is 0 Å². The fourth-order valence-corrected chi connectivity index (χ4v) is 2.11. The maximum absolute atomic E-state index is 9.40. The Kier molecular flexibility index (Phi) is 3.62. The molecule has 1 aliphatic carbocycles. The molecule has 4 N–H and O–H groups in total. The number of hydrogen-bond acceptors (Lipinski definition) is 4. The van der Waals surface area contributed by atoms with Crippen LogP contribution in [0.25, 0.3) is 0 Å². The first-order valence-corrected chi connectivity index (χ1v) is 5.87. The minimum Gasteiger partial charge on any atom is -0.397 e. The van der Waals surface area contributed by atoms with Crippen LogP contribution < -0.4 is 11.1 Å². The Morgan fingerprint density at radius 2 is 2.06 bits per heavy atom. The standard InChI is InChI=1S/C12H19N3O/c13-10-3-6-12(15-8-10)14-7-9-1-4-11(16)5-2-9/h3,6,8-9,11,16H,1-2,4-5,7,13H2,(H,14,15). The highest BCUT2D eigenvalue weighted by Gasteiger charge is 2.18. The summed E-state index contributed by atoms with van der Waals surface area (Å²) in [7, 11) is 0. The normalized spacial score (nSPS) is 25.3. The topological polar surface area (TPSA) is 71.2 Å². The zero-order valence-corrected chi connectivity index (χ0v) is 9.39. The van der Waals surface area contributed by atoms with Gasteiger partial charge in [-0.15, -0.1) is 0 Å². The van der Waals surface area contributed by atoms with E-state index in [-0.39, 0.29) is 6.10 Å². The number of nitrogens with one attached hydrogen (secondary N) is 1. The van der Waals surface area contributed by atoms with Crippen LogP contribution in [-0.4, -0.2) is 22.7 Å². The quantitative estimate of drug-likeness (QED) is 0.725. The van der Waals surface area contributed by atoms with Gasteiger partial charge in [0.2, 0.25) is 0 Å². The monoisotopic (exact) mass is 221 g/mol. The molecule has 1 aromatic heterocycles. The molecule has 16 heavy (non-hydrogen) atoms. The second kappa shape index (κ2) is 5.16. The van der Waals surface area contributed by atoms with Gasteiger partial charge in [0, 0.05) is 6.54 Å². The van der Waals surface area contributed by atoms with Gasteiger partial charge in [-0.05, 0) is 43.7 Å². The first-order chi connectivity index (χ1) is 7.74. The fourth-order valence-electron chi connectivity index (χ4n) is 2.11. The van der Waals surface area contributed by atoms with Crippen LogP contribution >= 0.6 is 0 Å². The fraction of sp³-hybridized carbons (Fsp3) is 0.583. The summed E-state index contributed by atoms with van der Waals surface area (Å²) in [6.07, 6.45) is 5.65. The van der Waals surface area contributed by atoms with E-state index >= 15 is 0 Å². The third-order valence-corrected chi connectivity index (χ3v) is 3.17. The summed E-state index contributed by atoms with van der Waals surface area (Å²) >= 11 is 0. The molecule has 1 saturated carbocycles. The number of aliphatic hydroxyl groups excluding tert-OH is 1. The van der Waals surface area contributed by atoms with Crippen molar-refractivity contribution in [3.05, 3.63) is 18.3 Å². The number of aliphatic hydroxyl groups is 1. The predicted octanol–water partition coefficient (Wildman–Crippen LogP) is 1.63. The van der Waals surface area contributed by atoms with Crippen LogP contribution in [0.15, 0.2) is 18.3 Å². The van der Waals surface area contributed by atoms with Crippen LogP contribution in [0.5, 0.6) is 0 Å². The molecule has 1 aliphatic rings. The van der Waals surface area contributed by atoms with E-state index in [0.29, 0.717) is 11.6 Å². The summed E-state index contributed by atoms with van der Waals surface area (Å²) in [6.45, 7) is 0.934. The van der Waals surface area contributed by atoms with Crippen LogP contribution in [0.2, 0.25) is 0 Å². The lowest BCUT2D eigenvalue weighted by molar-refractivity contribution is 0.111. The van der Waals surface area contributed by atoms with Gasteiger partial charge >= 0.3 is 0 Å². The number of nitrogens with zero attached hydrogens (tertiary/aromatic N) is 1. The van der Waals surface area contributed by atoms with Crippen LogP contribution in [0.1, 0.15) is 25.7 Å². The van der Waals surface area contributed by atoms with E-state index in [1.54, 1.807) is 6.20 Å². The van der Waals surface area contributed by atoms with Crippen molar-refractivity contribution in [1.29, 1.82) is 0 Å². The van der Waals surface area contributed by atoms with Gasteiger partial charge in [-0.25, -0.2) is 4.98 Å². The lowest BCUT2D eigenvalue weighted by atomic mass is 9.87. The summed E-state index contributed by atoms with van der Waals surface area (Å²) in [5, 5.41) is 12.7. The van der Waals surface area contributed by atoms with Gasteiger partial charge in [0.25, 0.3) is 0 Å². The smallest absolute Gasteiger partial charge is 0.126 e. The molecule has 0 unspecified atom stereocenters. The molecule has 0 saturated heterocycles. The first-order valence-electron chi connectivity index (χ1n) is 5.87. The molecular weight excluding hydrogens is 202 g/mol. The number of anilines is 2. The third kappa shape index (κ3) is 3.10. The first kappa shape index (κ1) is 11.2. The summed E-state index contributed by atoms with van der Waals surface area (Å²) < 4.78 is 0. The molecule has 0 aromatic carbocycles. The van der Waals surface area contributed by atoms with Crippen molar-refractivity contribution in [2.75, 3.05) is 17.6 Å². The number of pyridine rings is 1. The molecule has 0 amide bonds. The molecule has 0 radical (unpaired) electrons. The molecule has 1 fully saturated rings. The van der Waals surface area contributed by atoms with Gasteiger partial charge in [0.1, 0.15) is 5.82 Å². The van der Waals surface area contributed by atoms with E-state index in [1.807, 2.05) is 12.1 Å². The summed E-state index contributed by atoms with van der Waals surface area (Å²) in [6, 6.07) is 3.74. The van der Waals surface area contributed by atoms with E-state index in [1.165, 1.54) is 0 Å². The Bertz CT molecular complexity index is 318. The van der Waals surface area contributed by atoms with E-state index < -0.39 is 0 Å². The van der Waals surface area contributed by atoms with Crippen molar-refractivity contribution in [3.8, 4) is 0 Å². The molecule has 88 valence electrons. The molecule has 0 bridgehead atoms. The van der Waals surface area contributed by atoms with Crippen molar-refractivity contribution in [2.45, 2.75) is 31.8 Å². The molecule has 4 heteroatoms. The Hall–Kier alpha value is -1.29. The van der Waals surface area contributed by atoms with Crippen LogP contribution in [0.3, 0.4) is 0 Å². The highest BCUT2D eigenvalue weighted by molar-refractivity contribution is 5.43. The highest BCUT2D eigenvalue weighted by Crippen LogP contribution is 2.24. The molecule has 4 nitrogen and oxygen atoms in total. The average Bonchev–Trinajstić information content (AvgIpc) is 2.30. The second-order valence-electron chi connectivity index (χ2n) is 4.53. The van der Waals surface area contributed by atoms with E-state index in [4.69, 9.17) is 5.73 Å². The lowest BCUT2D eigenvalue weighted by Gasteiger charge is -2.25. The minimum absolute atomic E-state index is 0.0779. The zero-order valence-electron chi connectivity index (χ0n) is 9.39.